The van der Waals surface area contributed by atoms with Crippen LogP contribution in [0.2, 0.25) is 0 Å². The lowest BCUT2D eigenvalue weighted by Gasteiger charge is -2.46. The Kier molecular flexibility index (Phi) is 5.95. The molecule has 1 aliphatic rings. The fraction of sp³-hybridized carbons (Fsp3) is 0.304. The normalized spacial score (nSPS) is 20.1. The third-order valence-electron chi connectivity index (χ3n) is 5.34. The average Bonchev–Trinajstić information content (AvgIpc) is 2.72. The van der Waals surface area contributed by atoms with Crippen LogP contribution in [0.3, 0.4) is 0 Å². The van der Waals surface area contributed by atoms with E-state index >= 15 is 0 Å². The maximum absolute atomic E-state index is 13.4. The largest absolute Gasteiger partial charge is 0.497 e. The molecule has 3 rings (SSSR count). The number of carbonyl (C=O) groups excluding carboxylic acids is 2. The van der Waals surface area contributed by atoms with Crippen LogP contribution in [0, 0.1) is 0 Å². The summed E-state index contributed by atoms with van der Waals surface area (Å²) in [5, 5.41) is 0. The van der Waals surface area contributed by atoms with Crippen LogP contribution in [0.25, 0.3) is 0 Å². The molecule has 5 heteroatoms. The molecule has 1 saturated heterocycles. The third-order valence-corrected chi connectivity index (χ3v) is 5.34. The standard InChI is InChI=1S/C23H26N2O3/c1-4-14-23(2)22(27)25(21(26)19-10-12-20(28-3)13-11-19)16-15-24(23)17-18-8-6-5-7-9-18/h4-13H,1,14-17H2,2-3H3/t23-/m0/s1. The molecule has 0 radical (unpaired) electrons. The summed E-state index contributed by atoms with van der Waals surface area (Å²) in [5.74, 6) is 0.213. The van der Waals surface area contributed by atoms with Gasteiger partial charge in [0.25, 0.3) is 5.91 Å². The highest BCUT2D eigenvalue weighted by molar-refractivity contribution is 6.07. The van der Waals surface area contributed by atoms with Crippen molar-refractivity contribution in [2.75, 3.05) is 20.2 Å². The molecule has 0 aliphatic carbocycles. The van der Waals surface area contributed by atoms with Gasteiger partial charge in [-0.05, 0) is 43.2 Å². The van der Waals surface area contributed by atoms with Gasteiger partial charge >= 0.3 is 0 Å². The number of hydrogen-bond acceptors (Lipinski definition) is 4. The summed E-state index contributed by atoms with van der Waals surface area (Å²) >= 11 is 0. The summed E-state index contributed by atoms with van der Waals surface area (Å²) in [4.78, 5) is 29.9. The molecule has 1 atom stereocenters. The summed E-state index contributed by atoms with van der Waals surface area (Å²) in [6.45, 7) is 7.36. The SMILES string of the molecule is C=CC[C@@]1(C)C(=O)N(C(=O)c2ccc(OC)cc2)CCN1Cc1ccccc1. The Labute approximate surface area is 166 Å². The molecule has 28 heavy (non-hydrogen) atoms. The minimum absolute atomic E-state index is 0.185. The molecule has 0 N–H and O–H groups in total. The van der Waals surface area contributed by atoms with Crippen molar-refractivity contribution in [2.24, 2.45) is 0 Å². The topological polar surface area (TPSA) is 49.9 Å². The molecule has 0 spiro atoms. The lowest BCUT2D eigenvalue weighted by molar-refractivity contribution is -0.147. The fourth-order valence-corrected chi connectivity index (χ4v) is 3.63. The molecule has 2 amide bonds. The van der Waals surface area contributed by atoms with E-state index in [9.17, 15) is 9.59 Å². The first-order valence-electron chi connectivity index (χ1n) is 9.40. The number of benzene rings is 2. The van der Waals surface area contributed by atoms with Gasteiger partial charge in [0.1, 0.15) is 11.3 Å². The van der Waals surface area contributed by atoms with Crippen LogP contribution in [0.1, 0.15) is 29.3 Å². The zero-order chi connectivity index (χ0) is 20.1. The van der Waals surface area contributed by atoms with Gasteiger partial charge in [0.2, 0.25) is 5.91 Å². The van der Waals surface area contributed by atoms with Crippen molar-refractivity contribution >= 4 is 11.8 Å². The third kappa shape index (κ3) is 3.85. The minimum atomic E-state index is -0.808. The van der Waals surface area contributed by atoms with E-state index < -0.39 is 5.54 Å². The van der Waals surface area contributed by atoms with E-state index in [4.69, 9.17) is 4.74 Å². The summed E-state index contributed by atoms with van der Waals surface area (Å²) < 4.78 is 5.14. The Hall–Kier alpha value is -2.92. The predicted octanol–water partition coefficient (Wildman–Crippen LogP) is 3.51. The zero-order valence-corrected chi connectivity index (χ0v) is 16.4. The average molecular weight is 378 g/mol. The molecule has 2 aromatic carbocycles. The highest BCUT2D eigenvalue weighted by atomic mass is 16.5. The Morgan fingerprint density at radius 1 is 1.14 bits per heavy atom. The molecule has 0 unspecified atom stereocenters. The maximum Gasteiger partial charge on any atom is 0.260 e. The summed E-state index contributed by atoms with van der Waals surface area (Å²) in [6.07, 6.45) is 2.22. The molecular weight excluding hydrogens is 352 g/mol. The molecule has 5 nitrogen and oxygen atoms in total. The summed E-state index contributed by atoms with van der Waals surface area (Å²) in [6, 6.07) is 16.9. The molecule has 146 valence electrons. The van der Waals surface area contributed by atoms with Gasteiger partial charge in [-0.2, -0.15) is 0 Å². The van der Waals surface area contributed by atoms with Crippen LogP contribution < -0.4 is 4.74 Å². The van der Waals surface area contributed by atoms with Crippen LogP contribution in [0.5, 0.6) is 5.75 Å². The Morgan fingerprint density at radius 3 is 2.43 bits per heavy atom. The van der Waals surface area contributed by atoms with Crippen molar-refractivity contribution in [1.29, 1.82) is 0 Å². The van der Waals surface area contributed by atoms with Crippen molar-refractivity contribution in [3.8, 4) is 5.75 Å². The maximum atomic E-state index is 13.4. The van der Waals surface area contributed by atoms with E-state index in [1.807, 2.05) is 37.3 Å². The van der Waals surface area contributed by atoms with Gasteiger partial charge in [0, 0.05) is 25.2 Å². The molecule has 0 bridgehead atoms. The number of amides is 2. The van der Waals surface area contributed by atoms with Gasteiger partial charge in [-0.15, -0.1) is 6.58 Å². The van der Waals surface area contributed by atoms with Crippen LogP contribution in [-0.2, 0) is 11.3 Å². The monoisotopic (exact) mass is 378 g/mol. The number of piperazine rings is 1. The lowest BCUT2D eigenvalue weighted by atomic mass is 9.90. The first-order valence-corrected chi connectivity index (χ1v) is 9.40. The Bertz CT molecular complexity index is 848. The van der Waals surface area contributed by atoms with Crippen molar-refractivity contribution < 1.29 is 14.3 Å². The highest BCUT2D eigenvalue weighted by Gasteiger charge is 2.46. The minimum Gasteiger partial charge on any atom is -0.497 e. The van der Waals surface area contributed by atoms with Crippen LogP contribution in [0.4, 0.5) is 0 Å². The zero-order valence-electron chi connectivity index (χ0n) is 16.4. The number of hydrogen-bond donors (Lipinski definition) is 0. The molecule has 1 aliphatic heterocycles. The first-order chi connectivity index (χ1) is 13.5. The highest BCUT2D eigenvalue weighted by Crippen LogP contribution is 2.30. The quantitative estimate of drug-likeness (QED) is 0.570. The Balaban J connectivity index is 1.83. The van der Waals surface area contributed by atoms with E-state index in [0.29, 0.717) is 37.4 Å². The van der Waals surface area contributed by atoms with Crippen molar-refractivity contribution in [3.05, 3.63) is 78.4 Å². The number of ether oxygens (including phenoxy) is 1. The molecule has 1 heterocycles. The van der Waals surface area contributed by atoms with E-state index in [-0.39, 0.29) is 11.8 Å². The van der Waals surface area contributed by atoms with Gasteiger partial charge < -0.3 is 4.74 Å². The number of imide groups is 1. The number of carbonyl (C=O) groups is 2. The predicted molar refractivity (Wildman–Crippen MR) is 109 cm³/mol. The van der Waals surface area contributed by atoms with E-state index in [0.717, 1.165) is 5.56 Å². The van der Waals surface area contributed by atoms with Gasteiger partial charge in [-0.3, -0.25) is 19.4 Å². The second-order valence-corrected chi connectivity index (χ2v) is 7.16. The molecule has 2 aromatic rings. The van der Waals surface area contributed by atoms with E-state index in [2.05, 4.69) is 11.5 Å². The van der Waals surface area contributed by atoms with Gasteiger partial charge in [0.15, 0.2) is 0 Å². The summed E-state index contributed by atoms with van der Waals surface area (Å²) in [5.41, 5.74) is 0.810. The second-order valence-electron chi connectivity index (χ2n) is 7.16. The van der Waals surface area contributed by atoms with Crippen LogP contribution >= 0.6 is 0 Å². The van der Waals surface area contributed by atoms with E-state index in [1.54, 1.807) is 37.5 Å². The van der Waals surface area contributed by atoms with Gasteiger partial charge in [-0.25, -0.2) is 0 Å². The number of rotatable bonds is 6. The number of nitrogens with zero attached hydrogens (tertiary/aromatic N) is 2. The second kappa shape index (κ2) is 8.40. The Morgan fingerprint density at radius 2 is 1.82 bits per heavy atom. The lowest BCUT2D eigenvalue weighted by Crippen LogP contribution is -2.65. The van der Waals surface area contributed by atoms with Crippen LogP contribution in [0.15, 0.2) is 67.3 Å². The van der Waals surface area contributed by atoms with Crippen LogP contribution in [-0.4, -0.2) is 47.4 Å². The summed E-state index contributed by atoms with van der Waals surface area (Å²) in [7, 11) is 1.58. The van der Waals surface area contributed by atoms with Crippen molar-refractivity contribution in [3.63, 3.8) is 0 Å². The van der Waals surface area contributed by atoms with Crippen molar-refractivity contribution in [2.45, 2.75) is 25.4 Å². The van der Waals surface area contributed by atoms with Gasteiger partial charge in [-0.1, -0.05) is 36.4 Å². The first kappa shape index (κ1) is 19.8. The van der Waals surface area contributed by atoms with Gasteiger partial charge in [0.05, 0.1) is 7.11 Å². The van der Waals surface area contributed by atoms with E-state index in [1.165, 1.54) is 4.90 Å². The van der Waals surface area contributed by atoms with Crippen molar-refractivity contribution in [1.82, 2.24) is 9.80 Å². The smallest absolute Gasteiger partial charge is 0.260 e. The molecule has 0 saturated carbocycles. The number of methoxy groups -OCH3 is 1. The molecule has 1 fully saturated rings. The fourth-order valence-electron chi connectivity index (χ4n) is 3.63. The molecule has 0 aromatic heterocycles. The molecular formula is C23H26N2O3.